The molecule has 21 heavy (non-hydrogen) atoms. The van der Waals surface area contributed by atoms with Crippen molar-refractivity contribution in [3.8, 4) is 0 Å². The lowest BCUT2D eigenvalue weighted by Gasteiger charge is -2.33. The van der Waals surface area contributed by atoms with Crippen LogP contribution in [0.15, 0.2) is 0 Å². The Kier molecular flexibility index (Phi) is 4.62. The zero-order chi connectivity index (χ0) is 16.6. The maximum atomic E-state index is 12.3. The Balaban J connectivity index is 3.13. The molecule has 2 unspecified atom stereocenters. The first kappa shape index (κ1) is 17.7. The number of carbonyl (C=O) groups excluding carboxylic acids is 2. The minimum absolute atomic E-state index is 0.00223. The zero-order valence-electron chi connectivity index (χ0n) is 13.3. The van der Waals surface area contributed by atoms with Crippen molar-refractivity contribution in [2.45, 2.75) is 50.5 Å². The summed E-state index contributed by atoms with van der Waals surface area (Å²) in [5.41, 5.74) is -2.08. The zero-order valence-corrected chi connectivity index (χ0v) is 14.1. The summed E-state index contributed by atoms with van der Waals surface area (Å²) in [4.78, 5) is 25.4. The van der Waals surface area contributed by atoms with Crippen LogP contribution in [0, 0.1) is 0 Å². The molecule has 122 valence electrons. The predicted molar refractivity (Wildman–Crippen MR) is 76.6 cm³/mol. The second kappa shape index (κ2) is 5.47. The third kappa shape index (κ3) is 3.87. The van der Waals surface area contributed by atoms with Gasteiger partial charge in [0, 0.05) is 12.8 Å². The van der Waals surface area contributed by atoms with Crippen molar-refractivity contribution in [3.05, 3.63) is 0 Å². The lowest BCUT2D eigenvalue weighted by molar-refractivity contribution is -0.152. The SMILES string of the molecule is COC(=O)C1(C)CC(S(C)(=O)=O)CN1C(=O)OC(C)(C)C. The van der Waals surface area contributed by atoms with Gasteiger partial charge in [-0.05, 0) is 34.1 Å². The minimum Gasteiger partial charge on any atom is -0.467 e. The number of esters is 1. The molecule has 1 saturated heterocycles. The third-order valence-electron chi connectivity index (χ3n) is 3.45. The van der Waals surface area contributed by atoms with Gasteiger partial charge in [0.1, 0.15) is 11.1 Å². The molecule has 1 rings (SSSR count). The molecule has 0 bridgehead atoms. The number of nitrogens with zero attached hydrogens (tertiary/aromatic N) is 1. The topological polar surface area (TPSA) is 90.0 Å². The first-order valence-electron chi connectivity index (χ1n) is 6.59. The average Bonchev–Trinajstić information content (AvgIpc) is 2.65. The van der Waals surface area contributed by atoms with Gasteiger partial charge in [-0.2, -0.15) is 0 Å². The van der Waals surface area contributed by atoms with E-state index in [2.05, 4.69) is 0 Å². The van der Waals surface area contributed by atoms with E-state index < -0.39 is 38.3 Å². The fourth-order valence-electron chi connectivity index (χ4n) is 2.32. The molecule has 8 heteroatoms. The maximum absolute atomic E-state index is 12.3. The summed E-state index contributed by atoms with van der Waals surface area (Å²) in [5.74, 6) is -0.653. The van der Waals surface area contributed by atoms with E-state index >= 15 is 0 Å². The summed E-state index contributed by atoms with van der Waals surface area (Å²) in [6, 6.07) is 0. The Morgan fingerprint density at radius 3 is 2.19 bits per heavy atom. The van der Waals surface area contributed by atoms with E-state index in [1.165, 1.54) is 14.0 Å². The largest absolute Gasteiger partial charge is 0.467 e. The van der Waals surface area contributed by atoms with Gasteiger partial charge in [-0.3, -0.25) is 4.90 Å². The minimum atomic E-state index is -3.38. The second-order valence-corrected chi connectivity index (χ2v) is 8.84. The number of ether oxygens (including phenoxy) is 2. The van der Waals surface area contributed by atoms with Gasteiger partial charge in [0.25, 0.3) is 0 Å². The summed E-state index contributed by atoms with van der Waals surface area (Å²) in [5, 5.41) is -0.811. The maximum Gasteiger partial charge on any atom is 0.411 e. The van der Waals surface area contributed by atoms with Crippen molar-refractivity contribution in [2.75, 3.05) is 19.9 Å². The van der Waals surface area contributed by atoms with Crippen molar-refractivity contribution in [2.24, 2.45) is 0 Å². The van der Waals surface area contributed by atoms with Crippen molar-refractivity contribution in [1.82, 2.24) is 4.90 Å². The van der Waals surface area contributed by atoms with Crippen LogP contribution in [0.4, 0.5) is 4.79 Å². The number of carbonyl (C=O) groups is 2. The van der Waals surface area contributed by atoms with Crippen LogP contribution in [0.2, 0.25) is 0 Å². The molecule has 0 aromatic heterocycles. The molecule has 1 amide bonds. The molecule has 0 N–H and O–H groups in total. The standard InChI is InChI=1S/C13H23NO6S/c1-12(2,3)20-11(16)14-8-9(21(6,17)18)7-13(14,4)10(15)19-5/h9H,7-8H2,1-6H3. The summed E-state index contributed by atoms with van der Waals surface area (Å²) >= 11 is 0. The molecule has 2 atom stereocenters. The molecule has 1 fully saturated rings. The smallest absolute Gasteiger partial charge is 0.411 e. The van der Waals surface area contributed by atoms with Gasteiger partial charge in [-0.15, -0.1) is 0 Å². The molecule has 0 radical (unpaired) electrons. The molecule has 0 saturated carbocycles. The molecule has 0 aliphatic carbocycles. The van der Waals surface area contributed by atoms with Gasteiger partial charge in [0.05, 0.1) is 12.4 Å². The molecular weight excluding hydrogens is 298 g/mol. The molecule has 0 aromatic carbocycles. The van der Waals surface area contributed by atoms with E-state index in [0.29, 0.717) is 0 Å². The fraction of sp³-hybridized carbons (Fsp3) is 0.846. The number of hydrogen-bond donors (Lipinski definition) is 0. The van der Waals surface area contributed by atoms with Gasteiger partial charge >= 0.3 is 12.1 Å². The molecule has 0 spiro atoms. The molecule has 7 nitrogen and oxygen atoms in total. The number of likely N-dealkylation sites (tertiary alicyclic amines) is 1. The number of hydrogen-bond acceptors (Lipinski definition) is 6. The van der Waals surface area contributed by atoms with Crippen molar-refractivity contribution in [3.63, 3.8) is 0 Å². The van der Waals surface area contributed by atoms with Gasteiger partial charge in [0.2, 0.25) is 0 Å². The Hall–Kier alpha value is -1.31. The van der Waals surface area contributed by atoms with Crippen molar-refractivity contribution >= 4 is 21.9 Å². The summed E-state index contributed by atoms with van der Waals surface area (Å²) < 4.78 is 33.5. The van der Waals surface area contributed by atoms with Crippen LogP contribution in [-0.4, -0.2) is 61.7 Å². The van der Waals surface area contributed by atoms with Crippen molar-refractivity contribution < 1.29 is 27.5 Å². The van der Waals surface area contributed by atoms with Gasteiger partial charge in [-0.1, -0.05) is 0 Å². The number of rotatable bonds is 2. The third-order valence-corrected chi connectivity index (χ3v) is 4.98. The van der Waals surface area contributed by atoms with Crippen LogP contribution in [-0.2, 0) is 24.1 Å². The van der Waals surface area contributed by atoms with Crippen molar-refractivity contribution in [1.29, 1.82) is 0 Å². The van der Waals surface area contributed by atoms with Crippen LogP contribution in [0.25, 0.3) is 0 Å². The van der Waals surface area contributed by atoms with E-state index in [4.69, 9.17) is 9.47 Å². The first-order chi connectivity index (χ1) is 9.31. The van der Waals surface area contributed by atoms with Crippen LogP contribution < -0.4 is 0 Å². The number of methoxy groups -OCH3 is 1. The van der Waals surface area contributed by atoms with E-state index in [0.717, 1.165) is 11.2 Å². The normalized spacial score (nSPS) is 26.6. The molecule has 1 aliphatic heterocycles. The lowest BCUT2D eigenvalue weighted by Crippen LogP contribution is -2.52. The molecular formula is C13H23NO6S. The van der Waals surface area contributed by atoms with E-state index in [1.54, 1.807) is 20.8 Å². The summed E-state index contributed by atoms with van der Waals surface area (Å²) in [6.07, 6.45) is 0.368. The number of amides is 1. The van der Waals surface area contributed by atoms with Gasteiger partial charge in [0.15, 0.2) is 9.84 Å². The first-order valence-corrected chi connectivity index (χ1v) is 8.54. The summed E-state index contributed by atoms with van der Waals surface area (Å²) in [7, 11) is -2.18. The van der Waals surface area contributed by atoms with E-state index in [1.807, 2.05) is 0 Å². The molecule has 0 aromatic rings. The van der Waals surface area contributed by atoms with E-state index in [9.17, 15) is 18.0 Å². The average molecular weight is 321 g/mol. The van der Waals surface area contributed by atoms with Gasteiger partial charge in [-0.25, -0.2) is 18.0 Å². The predicted octanol–water partition coefficient (Wildman–Crippen LogP) is 0.972. The summed E-state index contributed by atoms with van der Waals surface area (Å²) in [6.45, 7) is 6.51. The van der Waals surface area contributed by atoms with Gasteiger partial charge < -0.3 is 9.47 Å². The highest BCUT2D eigenvalue weighted by Gasteiger charge is 2.54. The lowest BCUT2D eigenvalue weighted by atomic mass is 9.99. The fourth-order valence-corrected chi connectivity index (χ4v) is 3.36. The quantitative estimate of drug-likeness (QED) is 0.704. The second-order valence-electron chi connectivity index (χ2n) is 6.51. The highest BCUT2D eigenvalue weighted by Crippen LogP contribution is 2.34. The number of sulfone groups is 1. The van der Waals surface area contributed by atoms with Crippen LogP contribution in [0.1, 0.15) is 34.1 Å². The van der Waals surface area contributed by atoms with Crippen LogP contribution in [0.5, 0.6) is 0 Å². The van der Waals surface area contributed by atoms with Crippen LogP contribution in [0.3, 0.4) is 0 Å². The van der Waals surface area contributed by atoms with Crippen LogP contribution >= 0.6 is 0 Å². The molecule has 1 heterocycles. The highest BCUT2D eigenvalue weighted by atomic mass is 32.2. The van der Waals surface area contributed by atoms with E-state index in [-0.39, 0.29) is 13.0 Å². The Bertz CT molecular complexity index is 535. The highest BCUT2D eigenvalue weighted by molar-refractivity contribution is 7.91. The Morgan fingerprint density at radius 1 is 1.29 bits per heavy atom. The Labute approximate surface area is 125 Å². The Morgan fingerprint density at radius 2 is 1.81 bits per heavy atom. The molecule has 1 aliphatic rings. The monoisotopic (exact) mass is 321 g/mol.